The van der Waals surface area contributed by atoms with Crippen LogP contribution in [0.25, 0.3) is 0 Å². The van der Waals surface area contributed by atoms with E-state index < -0.39 is 0 Å². The fraction of sp³-hybridized carbons (Fsp3) is 0.583. The van der Waals surface area contributed by atoms with Crippen molar-refractivity contribution in [1.82, 2.24) is 29.4 Å². The van der Waals surface area contributed by atoms with Crippen molar-refractivity contribution in [2.75, 3.05) is 13.1 Å². The number of rotatable bonds is 4. The van der Waals surface area contributed by atoms with Crippen LogP contribution in [0, 0.1) is 0 Å². The first kappa shape index (κ1) is 11.6. The molecule has 0 aromatic carbocycles. The Balaban J connectivity index is 1.37. The molecule has 0 radical (unpaired) electrons. The molecule has 2 aromatic heterocycles. The molecular weight excluding hydrogens is 308 g/mol. The second kappa shape index (κ2) is 4.42. The molecule has 0 atom stereocenters. The number of halogens is 1. The molecule has 3 heterocycles. The fourth-order valence-electron chi connectivity index (χ4n) is 2.59. The normalized spacial score (nSPS) is 20.7. The van der Waals surface area contributed by atoms with Crippen LogP contribution in [0.4, 0.5) is 0 Å². The zero-order valence-corrected chi connectivity index (χ0v) is 12.1. The minimum absolute atomic E-state index is 0.489. The van der Waals surface area contributed by atoms with Gasteiger partial charge >= 0.3 is 0 Å². The van der Waals surface area contributed by atoms with E-state index in [1.165, 1.54) is 12.8 Å². The molecule has 1 aliphatic carbocycles. The Hall–Kier alpha value is -1.21. The monoisotopic (exact) mass is 322 g/mol. The van der Waals surface area contributed by atoms with Crippen molar-refractivity contribution in [3.8, 4) is 0 Å². The van der Waals surface area contributed by atoms with Gasteiger partial charge in [0.25, 0.3) is 0 Å². The Kier molecular flexibility index (Phi) is 2.70. The molecule has 4 rings (SSSR count). The highest BCUT2D eigenvalue weighted by atomic mass is 79.9. The first-order chi connectivity index (χ1) is 9.29. The summed E-state index contributed by atoms with van der Waals surface area (Å²) < 4.78 is 5.31. The lowest BCUT2D eigenvalue weighted by Gasteiger charge is -2.38. The Labute approximate surface area is 119 Å². The van der Waals surface area contributed by atoms with E-state index in [1.54, 1.807) is 0 Å². The molecule has 1 saturated heterocycles. The molecular formula is C12H15BrN6. The van der Waals surface area contributed by atoms with Crippen molar-refractivity contribution in [3.63, 3.8) is 0 Å². The highest BCUT2D eigenvalue weighted by Gasteiger charge is 2.32. The lowest BCUT2D eigenvalue weighted by atomic mass is 10.1. The van der Waals surface area contributed by atoms with E-state index in [0.29, 0.717) is 12.1 Å². The summed E-state index contributed by atoms with van der Waals surface area (Å²) in [5.74, 6) is 1.10. The Morgan fingerprint density at radius 3 is 2.79 bits per heavy atom. The number of aromatic nitrogens is 5. The van der Waals surface area contributed by atoms with Gasteiger partial charge in [-0.15, -0.1) is 10.2 Å². The summed E-state index contributed by atoms with van der Waals surface area (Å²) in [6.45, 7) is 2.97. The molecule has 1 aliphatic heterocycles. The van der Waals surface area contributed by atoms with Crippen LogP contribution >= 0.6 is 15.9 Å². The van der Waals surface area contributed by atoms with Gasteiger partial charge in [-0.1, -0.05) is 0 Å². The van der Waals surface area contributed by atoms with Crippen LogP contribution in [0.1, 0.15) is 30.7 Å². The summed E-state index contributed by atoms with van der Waals surface area (Å²) in [5, 5.41) is 12.6. The van der Waals surface area contributed by atoms with E-state index in [-0.39, 0.29) is 0 Å². The van der Waals surface area contributed by atoms with Crippen LogP contribution in [-0.2, 0) is 6.54 Å². The third kappa shape index (κ3) is 2.21. The van der Waals surface area contributed by atoms with E-state index in [9.17, 15) is 0 Å². The van der Waals surface area contributed by atoms with Crippen molar-refractivity contribution in [2.45, 2.75) is 31.5 Å². The first-order valence-corrected chi connectivity index (χ1v) is 7.39. The highest BCUT2D eigenvalue weighted by Crippen LogP contribution is 2.35. The van der Waals surface area contributed by atoms with E-state index >= 15 is 0 Å². The molecule has 7 heteroatoms. The molecule has 2 aromatic rings. The highest BCUT2D eigenvalue weighted by molar-refractivity contribution is 9.10. The predicted molar refractivity (Wildman–Crippen MR) is 72.5 cm³/mol. The van der Waals surface area contributed by atoms with Gasteiger partial charge in [-0.05, 0) is 28.8 Å². The summed E-state index contributed by atoms with van der Waals surface area (Å²) in [6, 6.07) is 1.15. The van der Waals surface area contributed by atoms with Crippen LogP contribution in [-0.4, -0.2) is 42.5 Å². The Morgan fingerprint density at radius 2 is 2.11 bits per heavy atom. The quantitative estimate of drug-likeness (QED) is 0.858. The maximum atomic E-state index is 4.33. The van der Waals surface area contributed by atoms with E-state index in [2.05, 4.69) is 40.7 Å². The van der Waals surface area contributed by atoms with Crippen LogP contribution in [0.5, 0.6) is 0 Å². The molecule has 2 aliphatic rings. The lowest BCUT2D eigenvalue weighted by Crippen LogP contribution is -2.47. The van der Waals surface area contributed by atoms with E-state index in [0.717, 1.165) is 29.9 Å². The number of likely N-dealkylation sites (tertiary alicyclic amines) is 1. The molecule has 100 valence electrons. The van der Waals surface area contributed by atoms with Gasteiger partial charge in [-0.3, -0.25) is 9.58 Å². The smallest absolute Gasteiger partial charge is 0.147 e. The van der Waals surface area contributed by atoms with Gasteiger partial charge in [0, 0.05) is 25.3 Å². The van der Waals surface area contributed by atoms with Crippen molar-refractivity contribution >= 4 is 15.9 Å². The van der Waals surface area contributed by atoms with Crippen molar-refractivity contribution in [2.24, 2.45) is 0 Å². The minimum atomic E-state index is 0.489. The number of hydrogen-bond donors (Lipinski definition) is 0. The van der Waals surface area contributed by atoms with Gasteiger partial charge in [-0.25, -0.2) is 0 Å². The SMILES string of the molecule is Brc1cnn(C2CN(Cc3nncn3C3CC3)C2)c1. The van der Waals surface area contributed by atoms with Crippen molar-refractivity contribution < 1.29 is 0 Å². The second-order valence-corrected chi connectivity index (χ2v) is 6.29. The van der Waals surface area contributed by atoms with Gasteiger partial charge in [0.05, 0.1) is 23.3 Å². The number of nitrogens with zero attached hydrogens (tertiary/aromatic N) is 6. The standard InChI is InChI=1S/C12H15BrN6/c13-9-3-15-19(4-9)11-5-17(6-11)7-12-16-14-8-18(12)10-1-2-10/h3-4,8,10-11H,1-2,5-7H2. The summed E-state index contributed by atoms with van der Waals surface area (Å²) in [6.07, 6.45) is 8.29. The summed E-state index contributed by atoms with van der Waals surface area (Å²) >= 11 is 3.43. The summed E-state index contributed by atoms with van der Waals surface area (Å²) in [4.78, 5) is 2.39. The molecule has 0 amide bonds. The molecule has 1 saturated carbocycles. The van der Waals surface area contributed by atoms with Crippen LogP contribution in [0.3, 0.4) is 0 Å². The van der Waals surface area contributed by atoms with Gasteiger partial charge in [0.2, 0.25) is 0 Å². The summed E-state index contributed by atoms with van der Waals surface area (Å²) in [5.41, 5.74) is 0. The maximum Gasteiger partial charge on any atom is 0.147 e. The molecule has 0 spiro atoms. The van der Waals surface area contributed by atoms with Gasteiger partial charge < -0.3 is 4.57 Å². The topological polar surface area (TPSA) is 51.8 Å². The summed E-state index contributed by atoms with van der Waals surface area (Å²) in [7, 11) is 0. The lowest BCUT2D eigenvalue weighted by molar-refractivity contribution is 0.0866. The number of hydrogen-bond acceptors (Lipinski definition) is 4. The molecule has 6 nitrogen and oxygen atoms in total. The Bertz CT molecular complexity index is 581. The van der Waals surface area contributed by atoms with Gasteiger partial charge in [0.1, 0.15) is 12.2 Å². The molecule has 0 unspecified atom stereocenters. The zero-order chi connectivity index (χ0) is 12.8. The minimum Gasteiger partial charge on any atom is -0.313 e. The van der Waals surface area contributed by atoms with Crippen LogP contribution in [0.15, 0.2) is 23.2 Å². The van der Waals surface area contributed by atoms with Crippen LogP contribution < -0.4 is 0 Å². The Morgan fingerprint density at radius 1 is 1.26 bits per heavy atom. The zero-order valence-electron chi connectivity index (χ0n) is 10.5. The first-order valence-electron chi connectivity index (χ1n) is 6.60. The van der Waals surface area contributed by atoms with E-state index in [1.807, 2.05) is 23.4 Å². The average Bonchev–Trinajstić information content (AvgIpc) is 2.94. The second-order valence-electron chi connectivity index (χ2n) is 5.37. The molecule has 2 fully saturated rings. The van der Waals surface area contributed by atoms with Gasteiger partial charge in [0.15, 0.2) is 0 Å². The molecule has 19 heavy (non-hydrogen) atoms. The fourth-order valence-corrected chi connectivity index (χ4v) is 2.89. The molecule has 0 bridgehead atoms. The third-order valence-electron chi connectivity index (χ3n) is 3.83. The van der Waals surface area contributed by atoms with Gasteiger partial charge in [-0.2, -0.15) is 5.10 Å². The largest absolute Gasteiger partial charge is 0.313 e. The third-order valence-corrected chi connectivity index (χ3v) is 4.24. The maximum absolute atomic E-state index is 4.33. The molecule has 0 N–H and O–H groups in total. The average molecular weight is 323 g/mol. The predicted octanol–water partition coefficient (Wildman–Crippen LogP) is 1.63. The van der Waals surface area contributed by atoms with E-state index in [4.69, 9.17) is 0 Å². The van der Waals surface area contributed by atoms with Crippen LogP contribution in [0.2, 0.25) is 0 Å². The van der Waals surface area contributed by atoms with Crippen molar-refractivity contribution in [1.29, 1.82) is 0 Å². The van der Waals surface area contributed by atoms with Crippen molar-refractivity contribution in [3.05, 3.63) is 29.0 Å².